The summed E-state index contributed by atoms with van der Waals surface area (Å²) in [6.45, 7) is 0. The number of carbonyl (C=O) groups excluding carboxylic acids is 3. The molecule has 0 saturated heterocycles. The van der Waals surface area contributed by atoms with Crippen molar-refractivity contribution in [3.63, 3.8) is 0 Å². The quantitative estimate of drug-likeness (QED) is 0.273. The Kier molecular flexibility index (Phi) is 6.80. The topological polar surface area (TPSA) is 187 Å². The number of aliphatic carboxylic acids is 2. The van der Waals surface area contributed by atoms with Gasteiger partial charge in [0, 0.05) is 6.42 Å². The summed E-state index contributed by atoms with van der Waals surface area (Å²) in [5, 5.41) is 26.4. The lowest BCUT2D eigenvalue weighted by atomic mass is 9.98. The molecule has 1 rings (SSSR count). The van der Waals surface area contributed by atoms with Gasteiger partial charge in [0.15, 0.2) is 11.9 Å². The fraction of sp³-hybridized carbons (Fsp3) is 0.250. The van der Waals surface area contributed by atoms with Crippen molar-refractivity contribution in [2.45, 2.75) is 18.6 Å². The lowest BCUT2D eigenvalue weighted by Gasteiger charge is -2.17. The Labute approximate surface area is 122 Å². The van der Waals surface area contributed by atoms with Crippen molar-refractivity contribution in [3.8, 4) is 0 Å². The minimum Gasteiger partial charge on any atom is -0.479 e. The van der Waals surface area contributed by atoms with Crippen molar-refractivity contribution in [3.05, 3.63) is 23.3 Å². The number of rotatable bonds is 6. The highest BCUT2D eigenvalue weighted by atomic mass is 16.6. The van der Waals surface area contributed by atoms with E-state index in [9.17, 15) is 24.0 Å². The lowest BCUT2D eigenvalue weighted by Crippen LogP contribution is -2.43. The van der Waals surface area contributed by atoms with Crippen LogP contribution in [0.1, 0.15) is 6.42 Å². The van der Waals surface area contributed by atoms with Gasteiger partial charge >= 0.3 is 17.9 Å². The molecule has 120 valence electrons. The van der Waals surface area contributed by atoms with Gasteiger partial charge in [0.05, 0.1) is 0 Å². The van der Waals surface area contributed by atoms with Crippen LogP contribution in [-0.4, -0.2) is 63.0 Å². The number of ether oxygens (including phenoxy) is 1. The van der Waals surface area contributed by atoms with Crippen LogP contribution in [0.4, 0.5) is 0 Å². The van der Waals surface area contributed by atoms with Gasteiger partial charge in [0.2, 0.25) is 6.10 Å². The van der Waals surface area contributed by atoms with Crippen molar-refractivity contribution >= 4 is 30.0 Å². The first kappa shape index (κ1) is 19.1. The minimum atomic E-state index is -2.48. The van der Waals surface area contributed by atoms with E-state index >= 15 is 0 Å². The van der Waals surface area contributed by atoms with Gasteiger partial charge in [0.1, 0.15) is 11.9 Å². The lowest BCUT2D eigenvalue weighted by molar-refractivity contribution is -0.176. The van der Waals surface area contributed by atoms with Gasteiger partial charge in [-0.05, 0) is 11.6 Å². The standard InChI is InChI=1S/C12H10O9.H2O/c13-4-5-1-2-6(7(14)3-5)12(20)21-9(11(18)19)8(15)10(16)17;/h1-2,4,8-9,15H,3H2,(H,16,17)(H,18,19);1H2. The molecule has 2 unspecified atom stereocenters. The van der Waals surface area contributed by atoms with Crippen LogP contribution >= 0.6 is 0 Å². The highest BCUT2D eigenvalue weighted by Gasteiger charge is 2.37. The van der Waals surface area contributed by atoms with Crippen LogP contribution in [0, 0.1) is 0 Å². The Morgan fingerprint density at radius 3 is 2.18 bits per heavy atom. The molecule has 2 atom stereocenters. The van der Waals surface area contributed by atoms with Crippen LogP contribution in [0.3, 0.4) is 0 Å². The van der Waals surface area contributed by atoms with Gasteiger partial charge < -0.3 is 25.5 Å². The summed E-state index contributed by atoms with van der Waals surface area (Å²) >= 11 is 0. The second kappa shape index (κ2) is 7.81. The summed E-state index contributed by atoms with van der Waals surface area (Å²) in [7, 11) is 0. The SMILES string of the molecule is O.O=CC1=CC=C(C(=O)OC(C(=O)O)C(O)C(=O)O)C(=O)C1. The highest BCUT2D eigenvalue weighted by molar-refractivity contribution is 6.20. The maximum Gasteiger partial charge on any atom is 0.348 e. The normalized spacial score (nSPS) is 16.3. The van der Waals surface area contributed by atoms with Crippen LogP contribution in [0.2, 0.25) is 0 Å². The molecule has 10 heteroatoms. The number of ketones is 1. The zero-order valence-corrected chi connectivity index (χ0v) is 10.9. The molecule has 0 saturated carbocycles. The third-order valence-electron chi connectivity index (χ3n) is 2.52. The number of hydrogen-bond acceptors (Lipinski definition) is 7. The molecular formula is C12H12O10. The molecule has 1 aliphatic rings. The summed E-state index contributed by atoms with van der Waals surface area (Å²) in [5.41, 5.74) is -0.415. The van der Waals surface area contributed by atoms with Gasteiger partial charge in [-0.25, -0.2) is 14.4 Å². The first-order valence-corrected chi connectivity index (χ1v) is 5.51. The highest BCUT2D eigenvalue weighted by Crippen LogP contribution is 2.16. The van der Waals surface area contributed by atoms with Crippen LogP contribution in [0.25, 0.3) is 0 Å². The molecule has 0 bridgehead atoms. The summed E-state index contributed by atoms with van der Waals surface area (Å²) in [6, 6.07) is 0. The largest absolute Gasteiger partial charge is 0.479 e. The number of carboxylic acids is 2. The molecular weight excluding hydrogens is 304 g/mol. The summed E-state index contributed by atoms with van der Waals surface area (Å²) in [5.74, 6) is -5.96. The van der Waals surface area contributed by atoms with E-state index in [1.807, 2.05) is 0 Å². The predicted octanol–water partition coefficient (Wildman–Crippen LogP) is -2.37. The molecule has 0 heterocycles. The maximum atomic E-state index is 11.6. The zero-order valence-electron chi connectivity index (χ0n) is 10.9. The van der Waals surface area contributed by atoms with Crippen molar-refractivity contribution < 1.29 is 49.5 Å². The number of esters is 1. The average Bonchev–Trinajstić information content (AvgIpc) is 2.42. The number of allylic oxidation sites excluding steroid dienone is 3. The molecule has 5 N–H and O–H groups in total. The van der Waals surface area contributed by atoms with E-state index in [1.54, 1.807) is 0 Å². The number of hydrogen-bond donors (Lipinski definition) is 3. The molecule has 0 fully saturated rings. The van der Waals surface area contributed by atoms with Crippen LogP contribution in [0.15, 0.2) is 23.3 Å². The van der Waals surface area contributed by atoms with E-state index in [1.165, 1.54) is 6.08 Å². The molecule has 0 aromatic heterocycles. The average molecular weight is 316 g/mol. The molecule has 10 nitrogen and oxygen atoms in total. The fourth-order valence-electron chi connectivity index (χ4n) is 1.44. The number of aldehydes is 1. The Hall–Kier alpha value is -2.85. The van der Waals surface area contributed by atoms with Crippen molar-refractivity contribution in [1.82, 2.24) is 0 Å². The first-order valence-electron chi connectivity index (χ1n) is 5.51. The molecule has 0 amide bonds. The van der Waals surface area contributed by atoms with E-state index in [4.69, 9.17) is 15.3 Å². The second-order valence-corrected chi connectivity index (χ2v) is 3.99. The Balaban J connectivity index is 0.00000441. The number of carboxylic acid groups (broad SMARTS) is 2. The Morgan fingerprint density at radius 1 is 1.18 bits per heavy atom. The smallest absolute Gasteiger partial charge is 0.348 e. The fourth-order valence-corrected chi connectivity index (χ4v) is 1.44. The van der Waals surface area contributed by atoms with Gasteiger partial charge in [-0.15, -0.1) is 0 Å². The molecule has 0 aromatic rings. The molecule has 1 aliphatic carbocycles. The number of carbonyl (C=O) groups is 5. The molecule has 0 aliphatic heterocycles. The van der Waals surface area contributed by atoms with Gasteiger partial charge in [-0.3, -0.25) is 9.59 Å². The summed E-state index contributed by atoms with van der Waals surface area (Å²) in [4.78, 5) is 55.0. The second-order valence-electron chi connectivity index (χ2n) is 3.99. The van der Waals surface area contributed by atoms with Crippen molar-refractivity contribution in [1.29, 1.82) is 0 Å². The Morgan fingerprint density at radius 2 is 1.77 bits per heavy atom. The maximum absolute atomic E-state index is 11.6. The third-order valence-corrected chi connectivity index (χ3v) is 2.52. The van der Waals surface area contributed by atoms with Crippen LogP contribution < -0.4 is 0 Å². The summed E-state index contributed by atoms with van der Waals surface area (Å²) < 4.78 is 4.34. The van der Waals surface area contributed by atoms with E-state index in [0.29, 0.717) is 6.29 Å². The molecule has 0 radical (unpaired) electrons. The number of aliphatic hydroxyl groups excluding tert-OH is 1. The van der Waals surface area contributed by atoms with Crippen molar-refractivity contribution in [2.24, 2.45) is 0 Å². The van der Waals surface area contributed by atoms with E-state index in [0.717, 1.165) is 6.08 Å². The zero-order chi connectivity index (χ0) is 16.2. The Bertz CT molecular complexity index is 570. The summed E-state index contributed by atoms with van der Waals surface area (Å²) in [6.07, 6.45) is -2.64. The molecule has 0 aromatic carbocycles. The van der Waals surface area contributed by atoms with Gasteiger partial charge in [0.25, 0.3) is 0 Å². The monoisotopic (exact) mass is 316 g/mol. The van der Waals surface area contributed by atoms with Crippen LogP contribution in [0.5, 0.6) is 0 Å². The van der Waals surface area contributed by atoms with Crippen LogP contribution in [-0.2, 0) is 28.7 Å². The van der Waals surface area contributed by atoms with Gasteiger partial charge in [-0.1, -0.05) is 6.08 Å². The van der Waals surface area contributed by atoms with Crippen molar-refractivity contribution in [2.75, 3.05) is 0 Å². The predicted molar refractivity (Wildman–Crippen MR) is 66.6 cm³/mol. The number of aliphatic hydroxyl groups is 1. The molecule has 22 heavy (non-hydrogen) atoms. The number of Topliss-reactive ketones (excluding diaryl/α,β-unsaturated/α-hetero) is 1. The van der Waals surface area contributed by atoms with E-state index in [-0.39, 0.29) is 17.5 Å². The third kappa shape index (κ3) is 4.33. The van der Waals surface area contributed by atoms with E-state index < -0.39 is 41.5 Å². The van der Waals surface area contributed by atoms with E-state index in [2.05, 4.69) is 4.74 Å². The van der Waals surface area contributed by atoms with Gasteiger partial charge in [-0.2, -0.15) is 0 Å². The first-order chi connectivity index (χ1) is 9.77. The minimum absolute atomic E-state index is 0. The molecule has 0 spiro atoms.